The summed E-state index contributed by atoms with van der Waals surface area (Å²) in [6, 6.07) is 4.70. The molecular formula is C14H20Cl2N2O2S. The van der Waals surface area contributed by atoms with Crippen LogP contribution in [0.4, 0.5) is 0 Å². The molecule has 1 saturated heterocycles. The third-order valence-electron chi connectivity index (χ3n) is 3.76. The van der Waals surface area contributed by atoms with Gasteiger partial charge in [0.2, 0.25) is 10.0 Å². The second-order valence-corrected chi connectivity index (χ2v) is 8.03. The summed E-state index contributed by atoms with van der Waals surface area (Å²) < 4.78 is 27.2. The summed E-state index contributed by atoms with van der Waals surface area (Å²) in [5.41, 5.74) is 0.737. The molecular weight excluding hydrogens is 331 g/mol. The Kier molecular flexibility index (Phi) is 5.54. The number of alkyl halides is 1. The van der Waals surface area contributed by atoms with Gasteiger partial charge in [-0.15, -0.1) is 11.6 Å². The van der Waals surface area contributed by atoms with Crippen LogP contribution in [0.1, 0.15) is 18.9 Å². The minimum atomic E-state index is -3.53. The quantitative estimate of drug-likeness (QED) is 0.787. The monoisotopic (exact) mass is 350 g/mol. The van der Waals surface area contributed by atoms with Gasteiger partial charge >= 0.3 is 0 Å². The van der Waals surface area contributed by atoms with E-state index in [-0.39, 0.29) is 16.8 Å². The summed E-state index contributed by atoms with van der Waals surface area (Å²) in [4.78, 5) is 2.39. The number of nitrogens with zero attached hydrogens (tertiary/aromatic N) is 2. The molecule has 1 aliphatic rings. The SMILES string of the molecule is CC1CN(C)CCCN1S(=O)(=O)c1ccc(CCl)c(Cl)c1. The average Bonchev–Trinajstić information content (AvgIpc) is 2.59. The van der Waals surface area contributed by atoms with Gasteiger partial charge in [-0.2, -0.15) is 4.31 Å². The van der Waals surface area contributed by atoms with E-state index >= 15 is 0 Å². The highest BCUT2D eigenvalue weighted by atomic mass is 35.5. The van der Waals surface area contributed by atoms with Crippen molar-refractivity contribution in [2.75, 3.05) is 26.7 Å². The Hall–Kier alpha value is -0.330. The fraction of sp³-hybridized carbons (Fsp3) is 0.571. The molecule has 0 aliphatic carbocycles. The predicted octanol–water partition coefficient (Wildman–Crippen LogP) is 2.79. The number of halogens is 2. The Labute approximate surface area is 136 Å². The van der Waals surface area contributed by atoms with E-state index in [0.717, 1.165) is 25.1 Å². The van der Waals surface area contributed by atoms with Gasteiger partial charge in [-0.25, -0.2) is 8.42 Å². The minimum absolute atomic E-state index is 0.0611. The van der Waals surface area contributed by atoms with E-state index in [1.165, 1.54) is 6.07 Å². The average molecular weight is 351 g/mol. The normalized spacial score (nSPS) is 22.2. The van der Waals surface area contributed by atoms with Gasteiger partial charge in [0, 0.05) is 30.0 Å². The van der Waals surface area contributed by atoms with Crippen LogP contribution in [0.25, 0.3) is 0 Å². The summed E-state index contributed by atoms with van der Waals surface area (Å²) in [6.07, 6.45) is 0.827. The summed E-state index contributed by atoms with van der Waals surface area (Å²) in [5.74, 6) is 0.268. The molecule has 7 heteroatoms. The molecule has 1 heterocycles. The van der Waals surface area contributed by atoms with Crippen LogP contribution in [0.2, 0.25) is 5.02 Å². The van der Waals surface area contributed by atoms with E-state index in [4.69, 9.17) is 23.2 Å². The molecule has 0 aromatic heterocycles. The van der Waals surface area contributed by atoms with Crippen LogP contribution in [0.5, 0.6) is 0 Å². The molecule has 0 saturated carbocycles. The highest BCUT2D eigenvalue weighted by molar-refractivity contribution is 7.89. The highest BCUT2D eigenvalue weighted by Gasteiger charge is 2.31. The lowest BCUT2D eigenvalue weighted by molar-refractivity contribution is 0.290. The summed E-state index contributed by atoms with van der Waals surface area (Å²) in [6.45, 7) is 4.10. The van der Waals surface area contributed by atoms with Gasteiger partial charge in [0.25, 0.3) is 0 Å². The summed E-state index contributed by atoms with van der Waals surface area (Å²) >= 11 is 11.8. The lowest BCUT2D eigenvalue weighted by Crippen LogP contribution is -2.41. The van der Waals surface area contributed by atoms with Crippen molar-refractivity contribution in [3.8, 4) is 0 Å². The Morgan fingerprint density at radius 2 is 2.05 bits per heavy atom. The molecule has 21 heavy (non-hydrogen) atoms. The molecule has 1 aromatic rings. The predicted molar refractivity (Wildman–Crippen MR) is 86.5 cm³/mol. The van der Waals surface area contributed by atoms with Gasteiger partial charge < -0.3 is 4.90 Å². The summed E-state index contributed by atoms with van der Waals surface area (Å²) in [5, 5.41) is 0.394. The maximum absolute atomic E-state index is 12.8. The highest BCUT2D eigenvalue weighted by Crippen LogP contribution is 2.26. The second kappa shape index (κ2) is 6.84. The largest absolute Gasteiger partial charge is 0.305 e. The molecule has 2 rings (SSSR count). The first kappa shape index (κ1) is 17.0. The third-order valence-corrected chi connectivity index (χ3v) is 6.41. The molecule has 118 valence electrons. The molecule has 4 nitrogen and oxygen atoms in total. The number of rotatable bonds is 3. The minimum Gasteiger partial charge on any atom is -0.305 e. The van der Waals surface area contributed by atoms with Crippen molar-refractivity contribution in [3.05, 3.63) is 28.8 Å². The van der Waals surface area contributed by atoms with Crippen LogP contribution in [0.15, 0.2) is 23.1 Å². The van der Waals surface area contributed by atoms with Gasteiger partial charge in [-0.05, 0) is 44.6 Å². The molecule has 0 spiro atoms. The van der Waals surface area contributed by atoms with Crippen molar-refractivity contribution in [3.63, 3.8) is 0 Å². The number of sulfonamides is 1. The number of likely N-dealkylation sites (N-methyl/N-ethyl adjacent to an activating group) is 1. The third kappa shape index (κ3) is 3.71. The Morgan fingerprint density at radius 1 is 1.33 bits per heavy atom. The molecule has 0 radical (unpaired) electrons. The second-order valence-electron chi connectivity index (χ2n) is 5.47. The molecule has 1 atom stereocenters. The van der Waals surface area contributed by atoms with Crippen LogP contribution in [0, 0.1) is 0 Å². The van der Waals surface area contributed by atoms with Crippen LogP contribution in [0.3, 0.4) is 0 Å². The first-order valence-electron chi connectivity index (χ1n) is 6.91. The maximum atomic E-state index is 12.8. The molecule has 1 fully saturated rings. The Bertz CT molecular complexity index is 607. The van der Waals surface area contributed by atoms with Crippen LogP contribution >= 0.6 is 23.2 Å². The molecule has 0 N–H and O–H groups in total. The first-order valence-corrected chi connectivity index (χ1v) is 9.26. The number of benzene rings is 1. The Balaban J connectivity index is 2.34. The van der Waals surface area contributed by atoms with Crippen molar-refractivity contribution in [1.82, 2.24) is 9.21 Å². The number of hydrogen-bond acceptors (Lipinski definition) is 3. The molecule has 1 aromatic carbocycles. The zero-order valence-corrected chi connectivity index (χ0v) is 14.5. The van der Waals surface area contributed by atoms with Crippen molar-refractivity contribution >= 4 is 33.2 Å². The smallest absolute Gasteiger partial charge is 0.243 e. The zero-order valence-electron chi connectivity index (χ0n) is 12.2. The molecule has 1 aliphatic heterocycles. The maximum Gasteiger partial charge on any atom is 0.243 e. The topological polar surface area (TPSA) is 40.6 Å². The van der Waals surface area contributed by atoms with Crippen molar-refractivity contribution in [2.24, 2.45) is 0 Å². The van der Waals surface area contributed by atoms with Gasteiger partial charge in [0.15, 0.2) is 0 Å². The lowest BCUT2D eigenvalue weighted by atomic mass is 10.2. The molecule has 1 unspecified atom stereocenters. The van der Waals surface area contributed by atoms with E-state index in [1.807, 2.05) is 14.0 Å². The molecule has 0 amide bonds. The Morgan fingerprint density at radius 3 is 2.67 bits per heavy atom. The van der Waals surface area contributed by atoms with Crippen molar-refractivity contribution in [2.45, 2.75) is 30.2 Å². The zero-order chi connectivity index (χ0) is 15.6. The van der Waals surface area contributed by atoms with E-state index in [2.05, 4.69) is 4.90 Å². The molecule has 0 bridgehead atoms. The lowest BCUT2D eigenvalue weighted by Gasteiger charge is -2.27. The van der Waals surface area contributed by atoms with E-state index in [9.17, 15) is 8.42 Å². The first-order chi connectivity index (χ1) is 9.86. The van der Waals surface area contributed by atoms with E-state index < -0.39 is 10.0 Å². The standard InChI is InChI=1S/C14H20Cl2N2O2S/c1-11-10-17(2)6-3-7-18(11)21(19,20)13-5-4-12(9-15)14(16)8-13/h4-5,8,11H,3,6-7,9-10H2,1-2H3. The fourth-order valence-electron chi connectivity index (χ4n) is 2.64. The fourth-order valence-corrected chi connectivity index (χ4v) is 4.94. The summed E-state index contributed by atoms with van der Waals surface area (Å²) in [7, 11) is -1.51. The van der Waals surface area contributed by atoms with Gasteiger partial charge in [0.05, 0.1) is 4.90 Å². The van der Waals surface area contributed by atoms with Gasteiger partial charge in [0.1, 0.15) is 0 Å². The van der Waals surface area contributed by atoms with E-state index in [1.54, 1.807) is 16.4 Å². The number of hydrogen-bond donors (Lipinski definition) is 0. The van der Waals surface area contributed by atoms with Crippen molar-refractivity contribution < 1.29 is 8.42 Å². The van der Waals surface area contributed by atoms with Crippen LogP contribution in [-0.4, -0.2) is 50.3 Å². The van der Waals surface area contributed by atoms with Crippen LogP contribution < -0.4 is 0 Å². The van der Waals surface area contributed by atoms with E-state index in [0.29, 0.717) is 11.6 Å². The van der Waals surface area contributed by atoms with Crippen molar-refractivity contribution in [1.29, 1.82) is 0 Å². The van der Waals surface area contributed by atoms with Crippen LogP contribution in [-0.2, 0) is 15.9 Å². The van der Waals surface area contributed by atoms with Gasteiger partial charge in [-0.3, -0.25) is 0 Å². The van der Waals surface area contributed by atoms with Gasteiger partial charge in [-0.1, -0.05) is 17.7 Å².